The Labute approximate surface area is 174 Å². The van der Waals surface area contributed by atoms with E-state index in [0.29, 0.717) is 10.7 Å². The van der Waals surface area contributed by atoms with Crippen LogP contribution in [0.2, 0.25) is 5.02 Å². The highest BCUT2D eigenvalue weighted by Crippen LogP contribution is 2.38. The van der Waals surface area contributed by atoms with Crippen LogP contribution >= 0.6 is 11.6 Å². The number of nitro groups is 1. The van der Waals surface area contributed by atoms with Gasteiger partial charge in [-0.25, -0.2) is 0 Å². The van der Waals surface area contributed by atoms with Crippen molar-refractivity contribution < 1.29 is 4.92 Å². The summed E-state index contributed by atoms with van der Waals surface area (Å²) in [5, 5.41) is 25.6. The molecule has 1 saturated heterocycles. The number of nitrogen functional groups attached to an aromatic ring is 1. The molecule has 8 nitrogen and oxygen atoms in total. The highest BCUT2D eigenvalue weighted by molar-refractivity contribution is 6.34. The van der Waals surface area contributed by atoms with E-state index in [4.69, 9.17) is 22.7 Å². The maximum atomic E-state index is 11.4. The minimum atomic E-state index is -0.492. The Hall–Kier alpha value is -2.84. The summed E-state index contributed by atoms with van der Waals surface area (Å²) in [7, 11) is 1.84. The lowest BCUT2D eigenvalue weighted by Crippen LogP contribution is -2.38. The van der Waals surface area contributed by atoms with Gasteiger partial charge in [-0.05, 0) is 42.7 Å². The van der Waals surface area contributed by atoms with Crippen LogP contribution in [0.15, 0.2) is 30.3 Å². The molecule has 29 heavy (non-hydrogen) atoms. The van der Waals surface area contributed by atoms with Gasteiger partial charge in [0.05, 0.1) is 9.95 Å². The highest BCUT2D eigenvalue weighted by atomic mass is 35.5. The molecule has 154 valence electrons. The largest absolute Gasteiger partial charge is 0.393 e. The summed E-state index contributed by atoms with van der Waals surface area (Å²) in [6, 6.07) is 9.21. The van der Waals surface area contributed by atoms with Gasteiger partial charge in [0.1, 0.15) is 11.4 Å². The van der Waals surface area contributed by atoms with Gasteiger partial charge in [0.15, 0.2) is 0 Å². The molecule has 1 aliphatic heterocycles. The standard InChI is InChI=1S/C20H25ClN6O2/c1-24-18-5-2-13(10-14(18)11-22)12-26-8-6-15(7-9-26)25-19-16(21)3-4-17(23)20(19)27(28)29/h2-5,10-11,15,22,24-25H,6-9,12,23H2,1H3. The van der Waals surface area contributed by atoms with E-state index in [1.807, 2.05) is 19.2 Å². The first-order chi connectivity index (χ1) is 13.9. The number of nitrogens with one attached hydrogen (secondary N) is 3. The third-order valence-electron chi connectivity index (χ3n) is 5.22. The lowest BCUT2D eigenvalue weighted by atomic mass is 10.0. The third kappa shape index (κ3) is 4.78. The predicted octanol–water partition coefficient (Wildman–Crippen LogP) is 3.95. The average Bonchev–Trinajstić information content (AvgIpc) is 2.71. The smallest absolute Gasteiger partial charge is 0.316 e. The predicted molar refractivity (Wildman–Crippen MR) is 118 cm³/mol. The van der Waals surface area contributed by atoms with Gasteiger partial charge in [-0.15, -0.1) is 0 Å². The first-order valence-electron chi connectivity index (χ1n) is 9.45. The van der Waals surface area contributed by atoms with Gasteiger partial charge in [0, 0.05) is 50.2 Å². The number of anilines is 3. The molecule has 0 saturated carbocycles. The van der Waals surface area contributed by atoms with Crippen LogP contribution in [-0.4, -0.2) is 42.2 Å². The minimum Gasteiger partial charge on any atom is -0.393 e. The van der Waals surface area contributed by atoms with Gasteiger partial charge in [-0.1, -0.05) is 17.7 Å². The van der Waals surface area contributed by atoms with Gasteiger partial charge in [0.2, 0.25) is 0 Å². The van der Waals surface area contributed by atoms with E-state index < -0.39 is 4.92 Å². The molecule has 0 bridgehead atoms. The highest BCUT2D eigenvalue weighted by Gasteiger charge is 2.26. The zero-order chi connectivity index (χ0) is 21.0. The van der Waals surface area contributed by atoms with E-state index in [0.717, 1.165) is 49.3 Å². The van der Waals surface area contributed by atoms with Crippen molar-refractivity contribution in [3.8, 4) is 0 Å². The maximum Gasteiger partial charge on any atom is 0.316 e. The Morgan fingerprint density at radius 1 is 1.34 bits per heavy atom. The quantitative estimate of drug-likeness (QED) is 0.235. The van der Waals surface area contributed by atoms with Crippen molar-refractivity contribution in [2.24, 2.45) is 0 Å². The van der Waals surface area contributed by atoms with Crippen molar-refractivity contribution in [3.05, 3.63) is 56.6 Å². The van der Waals surface area contributed by atoms with Gasteiger partial charge >= 0.3 is 5.69 Å². The fraction of sp³-hybridized carbons (Fsp3) is 0.350. The Morgan fingerprint density at radius 3 is 2.69 bits per heavy atom. The molecule has 1 heterocycles. The second-order valence-corrected chi connectivity index (χ2v) is 7.54. The van der Waals surface area contributed by atoms with Crippen molar-refractivity contribution in [2.45, 2.75) is 25.4 Å². The first-order valence-corrected chi connectivity index (χ1v) is 9.83. The van der Waals surface area contributed by atoms with Gasteiger partial charge in [-0.2, -0.15) is 0 Å². The topological polar surface area (TPSA) is 120 Å². The Morgan fingerprint density at radius 2 is 2.07 bits per heavy atom. The molecule has 0 aromatic heterocycles. The average molecular weight is 417 g/mol. The van der Waals surface area contributed by atoms with E-state index in [9.17, 15) is 10.1 Å². The Bertz CT molecular complexity index is 912. The summed E-state index contributed by atoms with van der Waals surface area (Å²) in [6.45, 7) is 2.52. The summed E-state index contributed by atoms with van der Waals surface area (Å²) < 4.78 is 0. The molecule has 0 aliphatic carbocycles. The molecule has 0 unspecified atom stereocenters. The van der Waals surface area contributed by atoms with Gasteiger partial charge < -0.3 is 21.8 Å². The third-order valence-corrected chi connectivity index (χ3v) is 5.54. The lowest BCUT2D eigenvalue weighted by Gasteiger charge is -2.33. The molecule has 3 rings (SSSR count). The fourth-order valence-electron chi connectivity index (χ4n) is 3.67. The van der Waals surface area contributed by atoms with E-state index in [2.05, 4.69) is 21.6 Å². The summed E-state index contributed by atoms with van der Waals surface area (Å²) in [5.41, 5.74) is 8.98. The zero-order valence-corrected chi connectivity index (χ0v) is 17.0. The van der Waals surface area contributed by atoms with Crippen molar-refractivity contribution in [1.29, 1.82) is 5.41 Å². The number of piperidine rings is 1. The number of likely N-dealkylation sites (tertiary alicyclic amines) is 1. The lowest BCUT2D eigenvalue weighted by molar-refractivity contribution is -0.383. The number of rotatable bonds is 7. The number of halogens is 1. The van der Waals surface area contributed by atoms with Gasteiger partial charge in [-0.3, -0.25) is 15.0 Å². The van der Waals surface area contributed by atoms with E-state index in [1.165, 1.54) is 12.3 Å². The Kier molecular flexibility index (Phi) is 6.56. The fourth-order valence-corrected chi connectivity index (χ4v) is 3.88. The molecule has 9 heteroatoms. The second-order valence-electron chi connectivity index (χ2n) is 7.13. The van der Waals surface area contributed by atoms with Crippen LogP contribution in [0.4, 0.5) is 22.7 Å². The zero-order valence-electron chi connectivity index (χ0n) is 16.2. The number of nitrogens with two attached hydrogens (primary N) is 1. The number of benzene rings is 2. The van der Waals surface area contributed by atoms with Crippen LogP contribution in [0.1, 0.15) is 24.0 Å². The van der Waals surface area contributed by atoms with Crippen molar-refractivity contribution in [1.82, 2.24) is 4.90 Å². The SMILES string of the molecule is CNc1ccc(CN2CCC(Nc3c(Cl)ccc(N)c3[N+](=O)[O-])CC2)cc1C=N. The molecular formula is C20H25ClN6O2. The van der Waals surface area contributed by atoms with Crippen LogP contribution in [0.3, 0.4) is 0 Å². The molecule has 0 atom stereocenters. The molecule has 0 spiro atoms. The van der Waals surface area contributed by atoms with E-state index >= 15 is 0 Å². The van der Waals surface area contributed by atoms with E-state index in [-0.39, 0.29) is 17.4 Å². The molecule has 2 aromatic carbocycles. The van der Waals surface area contributed by atoms with Gasteiger partial charge in [0.25, 0.3) is 0 Å². The first kappa shape index (κ1) is 20.9. The maximum absolute atomic E-state index is 11.4. The Balaban J connectivity index is 1.63. The number of nitrogens with zero attached hydrogens (tertiary/aromatic N) is 2. The molecular weight excluding hydrogens is 392 g/mol. The van der Waals surface area contributed by atoms with Crippen molar-refractivity contribution in [2.75, 3.05) is 36.5 Å². The molecule has 1 aliphatic rings. The molecule has 1 fully saturated rings. The number of hydrogen-bond acceptors (Lipinski definition) is 7. The molecule has 0 radical (unpaired) electrons. The number of nitro benzene ring substituents is 1. The molecule has 0 amide bonds. The molecule has 2 aromatic rings. The summed E-state index contributed by atoms with van der Waals surface area (Å²) in [5.74, 6) is 0. The van der Waals surface area contributed by atoms with Crippen molar-refractivity contribution in [3.63, 3.8) is 0 Å². The number of hydrogen-bond donors (Lipinski definition) is 4. The molecule has 5 N–H and O–H groups in total. The summed E-state index contributed by atoms with van der Waals surface area (Å²) >= 11 is 6.20. The minimum absolute atomic E-state index is 0.0908. The normalized spacial score (nSPS) is 15.1. The van der Waals surface area contributed by atoms with Crippen LogP contribution in [0.25, 0.3) is 0 Å². The van der Waals surface area contributed by atoms with Crippen LogP contribution in [0, 0.1) is 15.5 Å². The van der Waals surface area contributed by atoms with Crippen LogP contribution in [0.5, 0.6) is 0 Å². The summed E-state index contributed by atoms with van der Waals surface area (Å²) in [6.07, 6.45) is 3.04. The van der Waals surface area contributed by atoms with E-state index in [1.54, 1.807) is 6.07 Å². The van der Waals surface area contributed by atoms with Crippen LogP contribution < -0.4 is 16.4 Å². The van der Waals surface area contributed by atoms with Crippen molar-refractivity contribution >= 4 is 40.6 Å². The second kappa shape index (κ2) is 9.11. The van der Waals surface area contributed by atoms with Crippen LogP contribution in [-0.2, 0) is 6.54 Å². The summed E-state index contributed by atoms with van der Waals surface area (Å²) in [4.78, 5) is 13.2. The monoisotopic (exact) mass is 416 g/mol.